The highest BCUT2D eigenvalue weighted by molar-refractivity contribution is 9.10. The summed E-state index contributed by atoms with van der Waals surface area (Å²) >= 11 is 4.41. The number of anilines is 2. The number of nitrogens with one attached hydrogen (secondary N) is 2. The SMILES string of the molecule is Nc1nc(SCc2cccnc2)[nH]c(=O)c1NC(=O)c1ccc(Br)o1. The first-order chi connectivity index (χ1) is 12.0. The van der Waals surface area contributed by atoms with Gasteiger partial charge in [0.05, 0.1) is 0 Å². The molecule has 3 aromatic heterocycles. The Bertz CT molecular complexity index is 957. The van der Waals surface area contributed by atoms with E-state index >= 15 is 0 Å². The van der Waals surface area contributed by atoms with Crippen LogP contribution in [0.15, 0.2) is 55.7 Å². The molecule has 0 aliphatic rings. The zero-order valence-corrected chi connectivity index (χ0v) is 15.1. The Balaban J connectivity index is 1.74. The fourth-order valence-electron chi connectivity index (χ4n) is 1.91. The van der Waals surface area contributed by atoms with E-state index < -0.39 is 11.5 Å². The zero-order chi connectivity index (χ0) is 17.8. The average molecular weight is 422 g/mol. The van der Waals surface area contributed by atoms with Gasteiger partial charge in [-0.1, -0.05) is 17.8 Å². The van der Waals surface area contributed by atoms with Gasteiger partial charge in [0, 0.05) is 18.1 Å². The van der Waals surface area contributed by atoms with Crippen LogP contribution in [0.5, 0.6) is 0 Å². The molecule has 10 heteroatoms. The number of aromatic amines is 1. The minimum atomic E-state index is -0.597. The number of hydrogen-bond acceptors (Lipinski definition) is 7. The van der Waals surface area contributed by atoms with Crippen LogP contribution in [-0.2, 0) is 5.75 Å². The van der Waals surface area contributed by atoms with Gasteiger partial charge in [-0.25, -0.2) is 4.98 Å². The summed E-state index contributed by atoms with van der Waals surface area (Å²) in [5, 5.41) is 2.76. The van der Waals surface area contributed by atoms with Gasteiger partial charge in [-0.3, -0.25) is 19.6 Å². The first-order valence-electron chi connectivity index (χ1n) is 7.01. The summed E-state index contributed by atoms with van der Waals surface area (Å²) in [5.41, 5.74) is 6.13. The lowest BCUT2D eigenvalue weighted by atomic mass is 10.3. The molecule has 0 radical (unpaired) electrons. The number of nitrogen functional groups attached to an aromatic ring is 1. The van der Waals surface area contributed by atoms with Crippen LogP contribution in [0.25, 0.3) is 0 Å². The number of amides is 1. The molecular weight excluding hydrogens is 410 g/mol. The third-order valence-corrected chi connectivity index (χ3v) is 4.43. The van der Waals surface area contributed by atoms with Crippen molar-refractivity contribution in [2.24, 2.45) is 0 Å². The van der Waals surface area contributed by atoms with Crippen LogP contribution in [-0.4, -0.2) is 20.9 Å². The third-order valence-electron chi connectivity index (χ3n) is 3.06. The van der Waals surface area contributed by atoms with E-state index in [0.717, 1.165) is 5.56 Å². The number of carbonyl (C=O) groups is 1. The Morgan fingerprint density at radius 3 is 2.88 bits per heavy atom. The van der Waals surface area contributed by atoms with Crippen molar-refractivity contribution in [3.63, 3.8) is 0 Å². The van der Waals surface area contributed by atoms with Crippen LogP contribution in [0.3, 0.4) is 0 Å². The van der Waals surface area contributed by atoms with E-state index in [0.29, 0.717) is 15.6 Å². The quantitative estimate of drug-likeness (QED) is 0.426. The minimum absolute atomic E-state index is 0.0423. The third kappa shape index (κ3) is 4.28. The number of furan rings is 1. The first-order valence-corrected chi connectivity index (χ1v) is 8.79. The number of nitrogens with two attached hydrogens (primary N) is 1. The molecule has 0 spiro atoms. The van der Waals surface area contributed by atoms with Gasteiger partial charge in [-0.05, 0) is 39.7 Å². The molecule has 3 heterocycles. The summed E-state index contributed by atoms with van der Waals surface area (Å²) in [6.07, 6.45) is 3.41. The van der Waals surface area contributed by atoms with Gasteiger partial charge in [0.25, 0.3) is 11.5 Å². The molecule has 0 bridgehead atoms. The van der Waals surface area contributed by atoms with Gasteiger partial charge in [0.15, 0.2) is 27.1 Å². The number of nitrogens with zero attached hydrogens (tertiary/aromatic N) is 2. The number of pyridine rings is 1. The van der Waals surface area contributed by atoms with Crippen LogP contribution in [0.1, 0.15) is 16.1 Å². The molecule has 3 rings (SSSR count). The molecule has 4 N–H and O–H groups in total. The van der Waals surface area contributed by atoms with Gasteiger partial charge in [0.2, 0.25) is 0 Å². The second-order valence-electron chi connectivity index (χ2n) is 4.84. The number of hydrogen-bond donors (Lipinski definition) is 3. The number of aromatic nitrogens is 3. The van der Waals surface area contributed by atoms with Crippen molar-refractivity contribution in [1.29, 1.82) is 0 Å². The van der Waals surface area contributed by atoms with Crippen molar-refractivity contribution in [2.45, 2.75) is 10.9 Å². The Kier molecular flexibility index (Phi) is 5.19. The first kappa shape index (κ1) is 17.2. The zero-order valence-electron chi connectivity index (χ0n) is 12.7. The number of H-pyrrole nitrogens is 1. The predicted molar refractivity (Wildman–Crippen MR) is 97.4 cm³/mol. The van der Waals surface area contributed by atoms with Gasteiger partial charge < -0.3 is 15.5 Å². The molecule has 0 unspecified atom stereocenters. The highest BCUT2D eigenvalue weighted by Crippen LogP contribution is 2.21. The van der Waals surface area contributed by atoms with Crippen molar-refractivity contribution in [2.75, 3.05) is 11.1 Å². The van der Waals surface area contributed by atoms with Gasteiger partial charge >= 0.3 is 0 Å². The Morgan fingerprint density at radius 1 is 1.40 bits per heavy atom. The van der Waals surface area contributed by atoms with E-state index in [1.165, 1.54) is 17.8 Å². The van der Waals surface area contributed by atoms with Crippen LogP contribution < -0.4 is 16.6 Å². The topological polar surface area (TPSA) is 127 Å². The number of halogens is 1. The fourth-order valence-corrected chi connectivity index (χ4v) is 3.01. The van der Waals surface area contributed by atoms with Crippen LogP contribution in [0, 0.1) is 0 Å². The average Bonchev–Trinajstić information content (AvgIpc) is 3.03. The molecule has 1 amide bonds. The van der Waals surface area contributed by atoms with Crippen LogP contribution in [0.4, 0.5) is 11.5 Å². The summed E-state index contributed by atoms with van der Waals surface area (Å²) in [7, 11) is 0. The molecule has 0 atom stereocenters. The minimum Gasteiger partial charge on any atom is -0.444 e. The Morgan fingerprint density at radius 2 is 2.24 bits per heavy atom. The largest absolute Gasteiger partial charge is 0.444 e. The standard InChI is InChI=1S/C15H12BrN5O3S/c16-10-4-3-9(24-10)13(22)19-11-12(17)20-15(21-14(11)23)25-7-8-2-1-5-18-6-8/h1-6H,7H2,(H,19,22)(H3,17,20,21,23). The normalized spacial score (nSPS) is 10.6. The molecule has 0 saturated carbocycles. The van der Waals surface area contributed by atoms with E-state index in [-0.39, 0.29) is 17.3 Å². The second kappa shape index (κ2) is 7.53. The molecule has 0 aliphatic carbocycles. The van der Waals surface area contributed by atoms with Crippen molar-refractivity contribution >= 4 is 45.1 Å². The summed E-state index contributed by atoms with van der Waals surface area (Å²) in [6.45, 7) is 0. The summed E-state index contributed by atoms with van der Waals surface area (Å²) < 4.78 is 5.53. The smallest absolute Gasteiger partial charge is 0.291 e. The van der Waals surface area contributed by atoms with Gasteiger partial charge in [-0.15, -0.1) is 0 Å². The predicted octanol–water partition coefficient (Wildman–Crippen LogP) is 2.65. The number of carbonyl (C=O) groups excluding carboxylic acids is 1. The molecule has 3 aromatic rings. The molecule has 0 fully saturated rings. The molecule has 8 nitrogen and oxygen atoms in total. The Labute approximate surface area is 154 Å². The maximum atomic E-state index is 12.2. The molecular formula is C15H12BrN5O3S. The van der Waals surface area contributed by atoms with E-state index in [4.69, 9.17) is 10.2 Å². The van der Waals surface area contributed by atoms with Crippen molar-refractivity contribution in [1.82, 2.24) is 15.0 Å². The summed E-state index contributed by atoms with van der Waals surface area (Å²) in [4.78, 5) is 35.0. The fraction of sp³-hybridized carbons (Fsp3) is 0.0667. The molecule has 0 aliphatic heterocycles. The number of thioether (sulfide) groups is 1. The van der Waals surface area contributed by atoms with Crippen molar-refractivity contribution < 1.29 is 9.21 Å². The van der Waals surface area contributed by atoms with Crippen molar-refractivity contribution in [3.8, 4) is 0 Å². The lowest BCUT2D eigenvalue weighted by Gasteiger charge is -2.07. The summed E-state index contributed by atoms with van der Waals surface area (Å²) in [5.74, 6) is -0.0555. The van der Waals surface area contributed by atoms with Crippen molar-refractivity contribution in [3.05, 3.63) is 63.0 Å². The lowest BCUT2D eigenvalue weighted by Crippen LogP contribution is -2.22. The lowest BCUT2D eigenvalue weighted by molar-refractivity contribution is 0.0995. The molecule has 128 valence electrons. The van der Waals surface area contributed by atoms with Crippen LogP contribution >= 0.6 is 27.7 Å². The van der Waals surface area contributed by atoms with E-state index in [9.17, 15) is 9.59 Å². The van der Waals surface area contributed by atoms with E-state index in [1.807, 2.05) is 12.1 Å². The van der Waals surface area contributed by atoms with Gasteiger partial charge in [-0.2, -0.15) is 0 Å². The second-order valence-corrected chi connectivity index (χ2v) is 6.58. The number of rotatable bonds is 5. The Hall–Kier alpha value is -2.59. The van der Waals surface area contributed by atoms with Crippen LogP contribution in [0.2, 0.25) is 0 Å². The van der Waals surface area contributed by atoms with Gasteiger partial charge in [0.1, 0.15) is 0 Å². The molecule has 0 aromatic carbocycles. The molecule has 25 heavy (non-hydrogen) atoms. The highest BCUT2D eigenvalue weighted by atomic mass is 79.9. The molecule has 0 saturated heterocycles. The van der Waals surface area contributed by atoms with E-state index in [1.54, 1.807) is 18.5 Å². The maximum Gasteiger partial charge on any atom is 0.291 e. The summed E-state index contributed by atoms with van der Waals surface area (Å²) in [6, 6.07) is 6.78. The monoisotopic (exact) mass is 421 g/mol. The van der Waals surface area contributed by atoms with E-state index in [2.05, 4.69) is 36.2 Å². The highest BCUT2D eigenvalue weighted by Gasteiger charge is 2.16. The maximum absolute atomic E-state index is 12.2.